The molecule has 0 N–H and O–H groups in total. The maximum atomic E-state index is 12.6. The summed E-state index contributed by atoms with van der Waals surface area (Å²) in [6, 6.07) is 3.87. The topological polar surface area (TPSA) is 64.2 Å². The predicted molar refractivity (Wildman–Crippen MR) is 83.8 cm³/mol. The van der Waals surface area contributed by atoms with E-state index in [2.05, 4.69) is 21.7 Å². The summed E-state index contributed by atoms with van der Waals surface area (Å²) >= 11 is 0. The molecular formula is C17H22N4O2. The first-order valence-electron chi connectivity index (χ1n) is 8.47. The van der Waals surface area contributed by atoms with Gasteiger partial charge in [-0.3, -0.25) is 4.79 Å². The molecular weight excluding hydrogens is 292 g/mol. The van der Waals surface area contributed by atoms with Crippen molar-refractivity contribution in [2.24, 2.45) is 5.92 Å². The SMILES string of the molecule is CCn1cnnc1C1CCN(C(=O)[C@H]2C[C@H]2c2ccco2)CC1. The summed E-state index contributed by atoms with van der Waals surface area (Å²) in [6.45, 7) is 4.64. The molecule has 122 valence electrons. The minimum Gasteiger partial charge on any atom is -0.469 e. The summed E-state index contributed by atoms with van der Waals surface area (Å²) in [6.07, 6.45) is 6.36. The Morgan fingerprint density at radius 1 is 1.39 bits per heavy atom. The molecule has 1 saturated carbocycles. The minimum absolute atomic E-state index is 0.122. The van der Waals surface area contributed by atoms with Crippen molar-refractivity contribution < 1.29 is 9.21 Å². The van der Waals surface area contributed by atoms with E-state index in [0.717, 1.165) is 50.5 Å². The number of aromatic nitrogens is 3. The van der Waals surface area contributed by atoms with Crippen molar-refractivity contribution in [3.63, 3.8) is 0 Å². The zero-order chi connectivity index (χ0) is 15.8. The molecule has 1 saturated heterocycles. The van der Waals surface area contributed by atoms with E-state index in [4.69, 9.17) is 4.42 Å². The highest BCUT2D eigenvalue weighted by molar-refractivity contribution is 5.83. The first-order chi connectivity index (χ1) is 11.3. The van der Waals surface area contributed by atoms with E-state index in [0.29, 0.717) is 17.7 Å². The van der Waals surface area contributed by atoms with Gasteiger partial charge in [-0.2, -0.15) is 0 Å². The fourth-order valence-corrected chi connectivity index (χ4v) is 3.70. The van der Waals surface area contributed by atoms with Gasteiger partial charge in [0, 0.05) is 37.4 Å². The third-order valence-corrected chi connectivity index (χ3v) is 5.17. The van der Waals surface area contributed by atoms with Gasteiger partial charge < -0.3 is 13.9 Å². The Hall–Kier alpha value is -2.11. The Kier molecular flexibility index (Phi) is 3.67. The van der Waals surface area contributed by atoms with Gasteiger partial charge in [0.2, 0.25) is 5.91 Å². The highest BCUT2D eigenvalue weighted by Gasteiger charge is 2.47. The quantitative estimate of drug-likeness (QED) is 0.869. The standard InChI is InChI=1S/C17H22N4O2/c1-2-20-11-18-19-16(20)12-5-7-21(8-6-12)17(22)14-10-13(14)15-4-3-9-23-15/h3-4,9,11-14H,2,5-8,10H2,1H3/t13-,14+/m1/s1. The molecule has 0 radical (unpaired) electrons. The Morgan fingerprint density at radius 2 is 2.22 bits per heavy atom. The van der Waals surface area contributed by atoms with E-state index >= 15 is 0 Å². The molecule has 1 amide bonds. The molecule has 6 nitrogen and oxygen atoms in total. The fourth-order valence-electron chi connectivity index (χ4n) is 3.70. The molecule has 23 heavy (non-hydrogen) atoms. The molecule has 6 heteroatoms. The van der Waals surface area contributed by atoms with Crippen molar-refractivity contribution in [2.45, 2.75) is 44.6 Å². The predicted octanol–water partition coefficient (Wildman–Crippen LogP) is 2.40. The van der Waals surface area contributed by atoms with Crippen LogP contribution in [0.5, 0.6) is 0 Å². The van der Waals surface area contributed by atoms with E-state index in [1.807, 2.05) is 17.0 Å². The first-order valence-corrected chi connectivity index (χ1v) is 8.47. The number of nitrogens with zero attached hydrogens (tertiary/aromatic N) is 4. The van der Waals surface area contributed by atoms with Gasteiger partial charge in [-0.25, -0.2) is 0 Å². The molecule has 2 aromatic rings. The van der Waals surface area contributed by atoms with E-state index in [1.165, 1.54) is 0 Å². The summed E-state index contributed by atoms with van der Waals surface area (Å²) in [4.78, 5) is 14.7. The minimum atomic E-state index is 0.122. The van der Waals surface area contributed by atoms with Crippen molar-refractivity contribution in [3.8, 4) is 0 Å². The summed E-state index contributed by atoms with van der Waals surface area (Å²) in [5.41, 5.74) is 0. The Labute approximate surface area is 135 Å². The fraction of sp³-hybridized carbons (Fsp3) is 0.588. The summed E-state index contributed by atoms with van der Waals surface area (Å²) in [5.74, 6) is 3.15. The van der Waals surface area contributed by atoms with Crippen LogP contribution in [0.25, 0.3) is 0 Å². The Bertz CT molecular complexity index is 671. The number of aryl methyl sites for hydroxylation is 1. The zero-order valence-electron chi connectivity index (χ0n) is 13.4. The monoisotopic (exact) mass is 314 g/mol. The van der Waals surface area contributed by atoms with Gasteiger partial charge >= 0.3 is 0 Å². The zero-order valence-corrected chi connectivity index (χ0v) is 13.4. The second-order valence-electron chi connectivity index (χ2n) is 6.54. The second kappa shape index (κ2) is 5.83. The van der Waals surface area contributed by atoms with Crippen molar-refractivity contribution in [1.82, 2.24) is 19.7 Å². The third-order valence-electron chi connectivity index (χ3n) is 5.17. The molecule has 0 bridgehead atoms. The number of piperidine rings is 1. The van der Waals surface area contributed by atoms with Gasteiger partial charge in [0.15, 0.2) is 0 Å². The van der Waals surface area contributed by atoms with E-state index < -0.39 is 0 Å². The average molecular weight is 314 g/mol. The van der Waals surface area contributed by atoms with Gasteiger partial charge in [-0.05, 0) is 38.3 Å². The number of likely N-dealkylation sites (tertiary alicyclic amines) is 1. The summed E-state index contributed by atoms with van der Waals surface area (Å²) < 4.78 is 7.54. The maximum absolute atomic E-state index is 12.6. The van der Waals surface area contributed by atoms with Crippen LogP contribution < -0.4 is 0 Å². The van der Waals surface area contributed by atoms with E-state index in [1.54, 1.807) is 12.6 Å². The van der Waals surface area contributed by atoms with E-state index in [9.17, 15) is 4.79 Å². The van der Waals surface area contributed by atoms with Gasteiger partial charge in [0.1, 0.15) is 17.9 Å². The molecule has 3 heterocycles. The second-order valence-corrected chi connectivity index (χ2v) is 6.54. The lowest BCUT2D eigenvalue weighted by Crippen LogP contribution is -2.39. The molecule has 0 aromatic carbocycles. The van der Waals surface area contributed by atoms with Gasteiger partial charge in [0.05, 0.1) is 6.26 Å². The van der Waals surface area contributed by atoms with E-state index in [-0.39, 0.29) is 5.92 Å². The lowest BCUT2D eigenvalue weighted by Gasteiger charge is -2.31. The van der Waals surface area contributed by atoms with Crippen molar-refractivity contribution in [1.29, 1.82) is 0 Å². The number of hydrogen-bond donors (Lipinski definition) is 0. The largest absolute Gasteiger partial charge is 0.469 e. The van der Waals surface area contributed by atoms with Crippen LogP contribution in [0.15, 0.2) is 29.1 Å². The molecule has 1 aliphatic carbocycles. The lowest BCUT2D eigenvalue weighted by atomic mass is 9.95. The lowest BCUT2D eigenvalue weighted by molar-refractivity contribution is -0.133. The van der Waals surface area contributed by atoms with Crippen LogP contribution >= 0.6 is 0 Å². The number of carbonyl (C=O) groups excluding carboxylic acids is 1. The molecule has 4 rings (SSSR count). The van der Waals surface area contributed by atoms with Crippen LogP contribution in [0, 0.1) is 5.92 Å². The summed E-state index contributed by atoms with van der Waals surface area (Å²) in [5, 5.41) is 8.29. The van der Waals surface area contributed by atoms with Crippen LogP contribution in [0.2, 0.25) is 0 Å². The molecule has 0 spiro atoms. The molecule has 2 atom stereocenters. The highest BCUT2D eigenvalue weighted by atomic mass is 16.3. The van der Waals surface area contributed by atoms with Crippen LogP contribution in [-0.2, 0) is 11.3 Å². The molecule has 2 aromatic heterocycles. The molecule has 2 aliphatic rings. The van der Waals surface area contributed by atoms with Crippen molar-refractivity contribution in [2.75, 3.05) is 13.1 Å². The van der Waals surface area contributed by atoms with Crippen LogP contribution in [-0.4, -0.2) is 38.7 Å². The number of amides is 1. The third kappa shape index (κ3) is 2.66. The molecule has 0 unspecified atom stereocenters. The Balaban J connectivity index is 1.34. The number of rotatable bonds is 4. The summed E-state index contributed by atoms with van der Waals surface area (Å²) in [7, 11) is 0. The van der Waals surface area contributed by atoms with Crippen LogP contribution in [0.4, 0.5) is 0 Å². The Morgan fingerprint density at radius 3 is 2.91 bits per heavy atom. The first kappa shape index (κ1) is 14.5. The van der Waals surface area contributed by atoms with Crippen molar-refractivity contribution >= 4 is 5.91 Å². The normalized spacial score (nSPS) is 24.8. The maximum Gasteiger partial charge on any atom is 0.226 e. The number of carbonyl (C=O) groups is 1. The van der Waals surface area contributed by atoms with Crippen molar-refractivity contribution in [3.05, 3.63) is 36.3 Å². The van der Waals surface area contributed by atoms with Gasteiger partial charge in [-0.15, -0.1) is 10.2 Å². The average Bonchev–Trinajstić information content (AvgIpc) is 3.02. The number of furan rings is 1. The van der Waals surface area contributed by atoms with Gasteiger partial charge in [-0.1, -0.05) is 0 Å². The van der Waals surface area contributed by atoms with Crippen LogP contribution in [0.3, 0.4) is 0 Å². The molecule has 2 fully saturated rings. The van der Waals surface area contributed by atoms with Crippen LogP contribution in [0.1, 0.15) is 49.6 Å². The smallest absolute Gasteiger partial charge is 0.226 e. The number of hydrogen-bond acceptors (Lipinski definition) is 4. The van der Waals surface area contributed by atoms with Gasteiger partial charge in [0.25, 0.3) is 0 Å². The highest BCUT2D eigenvalue weighted by Crippen LogP contribution is 2.49. The molecule has 1 aliphatic heterocycles.